The zero-order valence-corrected chi connectivity index (χ0v) is 14.0. The number of hydrogen-bond acceptors (Lipinski definition) is 1. The zero-order chi connectivity index (χ0) is 14.5. The van der Waals surface area contributed by atoms with Crippen LogP contribution in [0.4, 0.5) is 0 Å². The molecule has 0 saturated heterocycles. The lowest BCUT2D eigenvalue weighted by atomic mass is 9.89. The second-order valence-electron chi connectivity index (χ2n) is 6.51. The maximum Gasteiger partial charge on any atom is 0.0756 e. The van der Waals surface area contributed by atoms with Gasteiger partial charge in [-0.3, -0.25) is 0 Å². The average molecular weight is 276 g/mol. The molecular weight excluding hydrogens is 248 g/mol. The molecular formula is C17H28OSi. The van der Waals surface area contributed by atoms with Crippen LogP contribution in [0.5, 0.6) is 0 Å². The van der Waals surface area contributed by atoms with Crippen LogP contribution in [-0.4, -0.2) is 18.8 Å². The van der Waals surface area contributed by atoms with Gasteiger partial charge in [0.1, 0.15) is 0 Å². The summed E-state index contributed by atoms with van der Waals surface area (Å²) in [6, 6.07) is 11.8. The summed E-state index contributed by atoms with van der Waals surface area (Å²) >= 11 is 0. The fourth-order valence-corrected chi connectivity index (χ4v) is 4.33. The molecule has 106 valence electrons. The Bertz CT molecular complexity index is 407. The van der Waals surface area contributed by atoms with Gasteiger partial charge in [-0.15, -0.1) is 0 Å². The van der Waals surface area contributed by atoms with Crippen LogP contribution < -0.4 is 0 Å². The highest BCUT2D eigenvalue weighted by Crippen LogP contribution is 2.23. The normalized spacial score (nSPS) is 17.4. The summed E-state index contributed by atoms with van der Waals surface area (Å²) < 4.78 is 0. The fraction of sp³-hybridized carbons (Fsp3) is 0.529. The molecule has 0 unspecified atom stereocenters. The Morgan fingerprint density at radius 3 is 2.37 bits per heavy atom. The maximum absolute atomic E-state index is 10.2. The van der Waals surface area contributed by atoms with E-state index < -0.39 is 13.7 Å². The molecule has 1 rings (SSSR count). The molecule has 0 heterocycles. The molecule has 1 nitrogen and oxygen atoms in total. The first kappa shape index (κ1) is 16.2. The van der Waals surface area contributed by atoms with Crippen LogP contribution in [0.15, 0.2) is 42.1 Å². The predicted molar refractivity (Wildman–Crippen MR) is 86.8 cm³/mol. The second kappa shape index (κ2) is 6.53. The molecule has 0 aliphatic rings. The summed E-state index contributed by atoms with van der Waals surface area (Å²) in [4.78, 5) is 0. The van der Waals surface area contributed by atoms with Crippen molar-refractivity contribution in [3.63, 3.8) is 0 Å². The monoisotopic (exact) mass is 276 g/mol. The number of aliphatic hydroxyl groups is 1. The third kappa shape index (κ3) is 5.33. The molecule has 2 heteroatoms. The van der Waals surface area contributed by atoms with Gasteiger partial charge in [-0.1, -0.05) is 74.6 Å². The second-order valence-corrected chi connectivity index (χ2v) is 11.2. The quantitative estimate of drug-likeness (QED) is 0.765. The van der Waals surface area contributed by atoms with E-state index in [1.54, 1.807) is 0 Å². The van der Waals surface area contributed by atoms with E-state index in [1.807, 2.05) is 13.8 Å². The third-order valence-corrected chi connectivity index (χ3v) is 6.45. The summed E-state index contributed by atoms with van der Waals surface area (Å²) in [6.45, 7) is 10.8. The third-order valence-electron chi connectivity index (χ3n) is 4.04. The van der Waals surface area contributed by atoms with Gasteiger partial charge in [-0.05, 0) is 19.4 Å². The van der Waals surface area contributed by atoms with Gasteiger partial charge >= 0.3 is 0 Å². The Hall–Kier alpha value is -0.863. The minimum Gasteiger partial charge on any atom is -0.390 e. The van der Waals surface area contributed by atoms with Crippen molar-refractivity contribution < 1.29 is 5.11 Å². The molecule has 0 radical (unpaired) electrons. The average Bonchev–Trinajstić information content (AvgIpc) is 2.36. The molecule has 1 aromatic carbocycles. The van der Waals surface area contributed by atoms with Gasteiger partial charge in [0, 0.05) is 5.92 Å². The number of hydrogen-bond donors (Lipinski definition) is 1. The molecule has 0 saturated carbocycles. The van der Waals surface area contributed by atoms with Crippen LogP contribution in [-0.2, 0) is 6.04 Å². The van der Waals surface area contributed by atoms with E-state index in [-0.39, 0.29) is 5.92 Å². The summed E-state index contributed by atoms with van der Waals surface area (Å²) in [7, 11) is -1.39. The van der Waals surface area contributed by atoms with Crippen LogP contribution >= 0.6 is 0 Å². The first-order chi connectivity index (χ1) is 8.77. The van der Waals surface area contributed by atoms with E-state index in [0.29, 0.717) is 0 Å². The van der Waals surface area contributed by atoms with Crippen molar-refractivity contribution in [3.05, 3.63) is 47.7 Å². The zero-order valence-electron chi connectivity index (χ0n) is 13.0. The fourth-order valence-electron chi connectivity index (χ4n) is 2.11. The topological polar surface area (TPSA) is 20.2 Å². The van der Waals surface area contributed by atoms with Crippen molar-refractivity contribution >= 4 is 8.07 Å². The molecule has 2 atom stereocenters. The van der Waals surface area contributed by atoms with Crippen molar-refractivity contribution in [2.75, 3.05) is 0 Å². The predicted octanol–water partition coefficient (Wildman–Crippen LogP) is 4.37. The van der Waals surface area contributed by atoms with E-state index in [2.05, 4.69) is 62.1 Å². The van der Waals surface area contributed by atoms with E-state index >= 15 is 0 Å². The lowest BCUT2D eigenvalue weighted by Crippen LogP contribution is -2.32. The van der Waals surface area contributed by atoms with E-state index in [4.69, 9.17) is 0 Å². The molecule has 0 aliphatic heterocycles. The first-order valence-electron chi connectivity index (χ1n) is 7.22. The Morgan fingerprint density at radius 1 is 1.26 bits per heavy atom. The van der Waals surface area contributed by atoms with Crippen molar-refractivity contribution in [1.82, 2.24) is 0 Å². The Kier molecular flexibility index (Phi) is 5.57. The largest absolute Gasteiger partial charge is 0.390 e. The Balaban J connectivity index is 2.69. The SMILES string of the molecule is CC[C@](C)(O)[C@H](C)/C=C/[Si](C)(C)Cc1ccccc1. The van der Waals surface area contributed by atoms with Gasteiger partial charge in [0.05, 0.1) is 13.7 Å². The summed E-state index contributed by atoms with van der Waals surface area (Å²) in [5, 5.41) is 10.2. The van der Waals surface area contributed by atoms with Crippen LogP contribution in [0.1, 0.15) is 32.8 Å². The highest BCUT2D eigenvalue weighted by atomic mass is 28.3. The Labute approximate surface area is 119 Å². The minimum absolute atomic E-state index is 0.208. The van der Waals surface area contributed by atoms with Crippen LogP contribution in [0.25, 0.3) is 0 Å². The van der Waals surface area contributed by atoms with Gasteiger partial charge < -0.3 is 5.11 Å². The molecule has 0 aromatic heterocycles. The van der Waals surface area contributed by atoms with Crippen LogP contribution in [0, 0.1) is 5.92 Å². The Morgan fingerprint density at radius 2 is 1.84 bits per heavy atom. The smallest absolute Gasteiger partial charge is 0.0756 e. The van der Waals surface area contributed by atoms with Gasteiger partial charge in [0.15, 0.2) is 0 Å². The van der Waals surface area contributed by atoms with Crippen molar-refractivity contribution in [1.29, 1.82) is 0 Å². The van der Waals surface area contributed by atoms with E-state index in [0.717, 1.165) is 12.5 Å². The molecule has 0 bridgehead atoms. The molecule has 0 fully saturated rings. The van der Waals surface area contributed by atoms with Gasteiger partial charge in [-0.2, -0.15) is 0 Å². The lowest BCUT2D eigenvalue weighted by Gasteiger charge is -2.28. The first-order valence-corrected chi connectivity index (χ1v) is 10.5. The summed E-state index contributed by atoms with van der Waals surface area (Å²) in [6.07, 6.45) is 3.01. The molecule has 0 amide bonds. The summed E-state index contributed by atoms with van der Waals surface area (Å²) in [5.41, 5.74) is 3.21. The molecule has 0 spiro atoms. The van der Waals surface area contributed by atoms with Crippen molar-refractivity contribution in [2.45, 2.75) is 51.9 Å². The summed E-state index contributed by atoms with van der Waals surface area (Å²) in [5.74, 6) is 0.208. The highest BCUT2D eigenvalue weighted by Gasteiger charge is 2.25. The van der Waals surface area contributed by atoms with Crippen LogP contribution in [0.2, 0.25) is 13.1 Å². The van der Waals surface area contributed by atoms with Crippen molar-refractivity contribution in [2.24, 2.45) is 5.92 Å². The van der Waals surface area contributed by atoms with Gasteiger partial charge in [-0.25, -0.2) is 0 Å². The number of rotatable bonds is 6. The molecule has 1 N–H and O–H groups in total. The lowest BCUT2D eigenvalue weighted by molar-refractivity contribution is 0.0209. The molecule has 1 aromatic rings. The highest BCUT2D eigenvalue weighted by molar-refractivity contribution is 6.81. The van der Waals surface area contributed by atoms with E-state index in [9.17, 15) is 5.11 Å². The van der Waals surface area contributed by atoms with Gasteiger partial charge in [0.2, 0.25) is 0 Å². The van der Waals surface area contributed by atoms with Gasteiger partial charge in [0.25, 0.3) is 0 Å². The van der Waals surface area contributed by atoms with E-state index in [1.165, 1.54) is 5.56 Å². The molecule has 19 heavy (non-hydrogen) atoms. The van der Waals surface area contributed by atoms with Crippen molar-refractivity contribution in [3.8, 4) is 0 Å². The standard InChI is InChI=1S/C17H28OSi/c1-6-17(3,18)15(2)12-13-19(4,5)14-16-10-8-7-9-11-16/h7-13,15,18H,6,14H2,1-5H3/b13-12+/t15-,17+/m1/s1. The number of benzene rings is 1. The maximum atomic E-state index is 10.2. The van der Waals surface area contributed by atoms with Crippen LogP contribution in [0.3, 0.4) is 0 Å². The molecule has 0 aliphatic carbocycles. The minimum atomic E-state index is -1.39.